The Kier molecular flexibility index (Phi) is 9.70. The molecule has 242 valence electrons. The first-order valence-electron chi connectivity index (χ1n) is 16.7. The molecule has 5 aliphatic rings. The minimum atomic E-state index is -1.31. The minimum Gasteiger partial charge on any atom is -0.463 e. The topological polar surface area (TPSA) is 125 Å². The molecular formula is C35H45N3O7. The average molecular weight is 620 g/mol. The number of aliphatic hydroxyl groups excluding tert-OH is 1. The molecule has 2 saturated heterocycles. The number of benzene rings is 1. The van der Waals surface area contributed by atoms with E-state index in [9.17, 15) is 24.3 Å². The van der Waals surface area contributed by atoms with E-state index in [0.29, 0.717) is 38.8 Å². The number of cyclic esters (lactones) is 1. The molecule has 3 fully saturated rings. The summed E-state index contributed by atoms with van der Waals surface area (Å²) in [5.74, 6) is -2.89. The fraction of sp³-hybridized carbons (Fsp3) is 0.600. The van der Waals surface area contributed by atoms with Crippen LogP contribution in [0, 0.1) is 11.8 Å². The van der Waals surface area contributed by atoms with E-state index in [1.54, 1.807) is 11.0 Å². The number of nitrogens with zero attached hydrogens (tertiary/aromatic N) is 2. The zero-order valence-corrected chi connectivity index (χ0v) is 25.9. The Balaban J connectivity index is 1.38. The monoisotopic (exact) mass is 619 g/mol. The predicted molar refractivity (Wildman–Crippen MR) is 165 cm³/mol. The van der Waals surface area contributed by atoms with Crippen molar-refractivity contribution in [3.05, 3.63) is 60.2 Å². The van der Waals surface area contributed by atoms with Crippen molar-refractivity contribution in [1.82, 2.24) is 15.1 Å². The summed E-state index contributed by atoms with van der Waals surface area (Å²) in [4.78, 5) is 59.5. The van der Waals surface area contributed by atoms with Gasteiger partial charge >= 0.3 is 5.97 Å². The second kappa shape index (κ2) is 13.9. The first-order chi connectivity index (χ1) is 21.9. The smallest absolute Gasteiger partial charge is 0.306 e. The highest BCUT2D eigenvalue weighted by molar-refractivity contribution is 5.99. The lowest BCUT2D eigenvalue weighted by Gasteiger charge is -2.39. The molecule has 1 aromatic carbocycles. The summed E-state index contributed by atoms with van der Waals surface area (Å²) >= 11 is 0. The molecule has 0 bridgehead atoms. The van der Waals surface area contributed by atoms with Crippen LogP contribution in [0.5, 0.6) is 0 Å². The number of unbranched alkanes of at least 4 members (excludes halogenated alkanes) is 2. The Labute approximate surface area is 264 Å². The molecule has 10 heteroatoms. The van der Waals surface area contributed by atoms with Gasteiger partial charge < -0.3 is 29.7 Å². The molecule has 6 atom stereocenters. The van der Waals surface area contributed by atoms with Gasteiger partial charge in [0.25, 0.3) is 0 Å². The van der Waals surface area contributed by atoms with Crippen LogP contribution in [0.25, 0.3) is 0 Å². The summed E-state index contributed by atoms with van der Waals surface area (Å²) in [5, 5.41) is 12.4. The molecule has 1 saturated carbocycles. The van der Waals surface area contributed by atoms with E-state index in [1.165, 1.54) is 0 Å². The van der Waals surface area contributed by atoms with Gasteiger partial charge in [-0.25, -0.2) is 0 Å². The number of hydrogen-bond donors (Lipinski definition) is 2. The second-order valence-electron chi connectivity index (χ2n) is 13.0. The molecule has 3 amide bonds. The Bertz CT molecular complexity index is 1310. The third-order valence-corrected chi connectivity index (χ3v) is 10.2. The Morgan fingerprint density at radius 1 is 0.956 bits per heavy atom. The number of carbonyl (C=O) groups excluding carboxylic acids is 4. The number of ether oxygens (including phenoxy) is 2. The van der Waals surface area contributed by atoms with Gasteiger partial charge in [0.05, 0.1) is 24.0 Å². The predicted octanol–water partition coefficient (Wildman–Crippen LogP) is 3.21. The van der Waals surface area contributed by atoms with Crippen molar-refractivity contribution in [2.45, 2.75) is 94.0 Å². The van der Waals surface area contributed by atoms with Gasteiger partial charge in [-0.15, -0.1) is 0 Å². The van der Waals surface area contributed by atoms with Gasteiger partial charge in [-0.3, -0.25) is 19.2 Å². The van der Waals surface area contributed by atoms with Gasteiger partial charge in [-0.05, 0) is 44.1 Å². The fourth-order valence-corrected chi connectivity index (χ4v) is 7.99. The average Bonchev–Trinajstić information content (AvgIpc) is 3.44. The van der Waals surface area contributed by atoms with Crippen LogP contribution in [-0.2, 0) is 28.7 Å². The van der Waals surface area contributed by atoms with E-state index in [2.05, 4.69) is 5.32 Å². The van der Waals surface area contributed by atoms with Gasteiger partial charge in [0.15, 0.2) is 0 Å². The zero-order chi connectivity index (χ0) is 31.4. The first kappa shape index (κ1) is 31.5. The molecule has 6 rings (SSSR count). The van der Waals surface area contributed by atoms with E-state index in [-0.39, 0.29) is 49.4 Å². The third-order valence-electron chi connectivity index (χ3n) is 10.2. The molecule has 1 aromatic rings. The molecule has 0 aromatic heterocycles. The number of nitrogens with one attached hydrogen (secondary N) is 1. The number of esters is 1. The van der Waals surface area contributed by atoms with Crippen molar-refractivity contribution in [2.24, 2.45) is 11.8 Å². The van der Waals surface area contributed by atoms with Crippen LogP contribution in [0.3, 0.4) is 0 Å². The van der Waals surface area contributed by atoms with Gasteiger partial charge in [0, 0.05) is 32.2 Å². The fourth-order valence-electron chi connectivity index (χ4n) is 7.99. The van der Waals surface area contributed by atoms with Crippen molar-refractivity contribution in [2.75, 3.05) is 26.3 Å². The van der Waals surface area contributed by atoms with E-state index in [4.69, 9.17) is 9.47 Å². The van der Waals surface area contributed by atoms with Crippen molar-refractivity contribution >= 4 is 23.7 Å². The number of allylic oxidation sites excluding steroid dienone is 1. The van der Waals surface area contributed by atoms with Crippen LogP contribution in [0.2, 0.25) is 0 Å². The number of aliphatic hydroxyl groups is 1. The van der Waals surface area contributed by atoms with E-state index < -0.39 is 35.6 Å². The molecule has 10 nitrogen and oxygen atoms in total. The van der Waals surface area contributed by atoms with Gasteiger partial charge in [-0.2, -0.15) is 0 Å². The molecule has 1 aliphatic carbocycles. The normalized spacial score (nSPS) is 33.3. The summed E-state index contributed by atoms with van der Waals surface area (Å²) in [6, 6.07) is 7.94. The maximum atomic E-state index is 14.6. The molecular weight excluding hydrogens is 574 g/mol. The van der Waals surface area contributed by atoms with Gasteiger partial charge in [-0.1, -0.05) is 73.9 Å². The Morgan fingerprint density at radius 3 is 2.53 bits per heavy atom. The summed E-state index contributed by atoms with van der Waals surface area (Å²) in [5.41, 5.74) is -0.523. The first-order valence-corrected chi connectivity index (χ1v) is 16.7. The third kappa shape index (κ3) is 6.19. The van der Waals surface area contributed by atoms with Crippen molar-refractivity contribution in [3.8, 4) is 0 Å². The Morgan fingerprint density at radius 2 is 1.76 bits per heavy atom. The number of likely N-dealkylation sites (tertiary alicyclic amines) is 1. The molecule has 45 heavy (non-hydrogen) atoms. The minimum absolute atomic E-state index is 0.0331. The summed E-state index contributed by atoms with van der Waals surface area (Å²) < 4.78 is 12.4. The maximum absolute atomic E-state index is 14.6. The SMILES string of the molecule is O=C1CC/C=C\[C@@H]2O[C@@]34C=CCN(C5CCCCC5)C(=O)[C@@H]3N(CCCCCO)C(=O)[C@H]4[C@@H]2C(=O)N[C@@H](c2ccccc2)CO1. The van der Waals surface area contributed by atoms with Gasteiger partial charge in [0.1, 0.15) is 18.2 Å². The lowest BCUT2D eigenvalue weighted by atomic mass is 9.77. The molecule has 0 radical (unpaired) electrons. The number of hydrogen-bond acceptors (Lipinski definition) is 7. The molecule has 4 heterocycles. The maximum Gasteiger partial charge on any atom is 0.306 e. The van der Waals surface area contributed by atoms with Crippen LogP contribution in [0.1, 0.15) is 75.8 Å². The van der Waals surface area contributed by atoms with E-state index >= 15 is 0 Å². The molecule has 0 unspecified atom stereocenters. The lowest BCUT2D eigenvalue weighted by molar-refractivity contribution is -0.149. The molecule has 1 spiro atoms. The van der Waals surface area contributed by atoms with Crippen molar-refractivity contribution in [3.63, 3.8) is 0 Å². The standard InChI is InChI=1S/C35H45N3O7/c39-22-11-3-10-20-38-31-34(43)37(25-15-6-2-7-16-25)21-12-19-35(31)30(33(38)42)29-27(45-35)17-8-9-18-28(40)44-23-26(36-32(29)41)24-13-4-1-5-14-24/h1,4-5,8,12-14,17,19,25-27,29-31,39H,2-3,6-7,9-11,15-16,18,20-23H2,(H,36,41)/b17-8-/t26-,27+,29-,30-,31+,35-/m1/s1. The number of carbonyl (C=O) groups is 4. The number of fused-ring (bicyclic) bond motifs is 2. The van der Waals surface area contributed by atoms with Crippen molar-refractivity contribution in [1.29, 1.82) is 0 Å². The highest BCUT2D eigenvalue weighted by Gasteiger charge is 2.71. The summed E-state index contributed by atoms with van der Waals surface area (Å²) in [6.45, 7) is 0.824. The van der Waals surface area contributed by atoms with Crippen LogP contribution in [0.15, 0.2) is 54.6 Å². The summed E-state index contributed by atoms with van der Waals surface area (Å²) in [6.07, 6.45) is 14.4. The van der Waals surface area contributed by atoms with Crippen LogP contribution in [0.4, 0.5) is 0 Å². The number of amides is 3. The van der Waals surface area contributed by atoms with E-state index in [1.807, 2.05) is 53.5 Å². The lowest BCUT2D eigenvalue weighted by Crippen LogP contribution is -2.57. The summed E-state index contributed by atoms with van der Waals surface area (Å²) in [7, 11) is 0. The quantitative estimate of drug-likeness (QED) is 0.273. The van der Waals surface area contributed by atoms with Crippen LogP contribution in [-0.4, -0.2) is 88.7 Å². The van der Waals surface area contributed by atoms with Crippen molar-refractivity contribution < 1.29 is 33.8 Å². The Hall–Kier alpha value is -3.50. The zero-order valence-electron chi connectivity index (χ0n) is 25.9. The highest BCUT2D eigenvalue weighted by Crippen LogP contribution is 2.53. The van der Waals surface area contributed by atoms with E-state index in [0.717, 1.165) is 37.7 Å². The van der Waals surface area contributed by atoms with Gasteiger partial charge in [0.2, 0.25) is 17.7 Å². The van der Waals surface area contributed by atoms with Crippen LogP contribution >= 0.6 is 0 Å². The largest absolute Gasteiger partial charge is 0.463 e. The second-order valence-corrected chi connectivity index (χ2v) is 13.0. The van der Waals surface area contributed by atoms with Crippen LogP contribution < -0.4 is 5.32 Å². The molecule has 2 N–H and O–H groups in total. The molecule has 4 aliphatic heterocycles. The highest BCUT2D eigenvalue weighted by atomic mass is 16.5. The number of rotatable bonds is 7.